The van der Waals surface area contributed by atoms with Crippen molar-refractivity contribution < 1.29 is 0 Å². The number of rotatable bonds is 5. The van der Waals surface area contributed by atoms with E-state index < -0.39 is 0 Å². The van der Waals surface area contributed by atoms with Crippen molar-refractivity contribution in [1.29, 1.82) is 0 Å². The maximum atomic E-state index is 6.72. The Bertz CT molecular complexity index is 1030. The van der Waals surface area contributed by atoms with Crippen molar-refractivity contribution in [3.63, 3.8) is 0 Å². The highest BCUT2D eigenvalue weighted by Crippen LogP contribution is 2.42. The summed E-state index contributed by atoms with van der Waals surface area (Å²) in [6.45, 7) is 41.2. The van der Waals surface area contributed by atoms with Gasteiger partial charge in [0.05, 0.1) is 0 Å². The fourth-order valence-electron chi connectivity index (χ4n) is 4.65. The summed E-state index contributed by atoms with van der Waals surface area (Å²) in [5.74, 6) is 0.306. The van der Waals surface area contributed by atoms with Gasteiger partial charge < -0.3 is 0 Å². The normalized spacial score (nSPS) is 19.8. The van der Waals surface area contributed by atoms with Gasteiger partial charge >= 0.3 is 0 Å². The lowest BCUT2D eigenvalue weighted by atomic mass is 9.65. The van der Waals surface area contributed by atoms with Gasteiger partial charge in [0.2, 0.25) is 0 Å². The van der Waals surface area contributed by atoms with Gasteiger partial charge in [-0.2, -0.15) is 0 Å². The molecule has 8 radical (unpaired) electrons. The van der Waals surface area contributed by atoms with Crippen molar-refractivity contribution in [2.45, 2.75) is 38.0 Å². The number of hydrogen-bond donors (Lipinski definition) is 0. The number of benzene rings is 2. The Kier molecular flexibility index (Phi) is 5.38. The molecule has 0 N–H and O–H groups in total. The molecule has 0 heteroatoms. The Labute approximate surface area is 172 Å². The van der Waals surface area contributed by atoms with E-state index in [2.05, 4.69) is 54.5 Å². The second kappa shape index (κ2) is 7.21. The predicted molar refractivity (Wildman–Crippen MR) is 123 cm³/mol. The third kappa shape index (κ3) is 3.59. The topological polar surface area (TPSA) is 0 Å². The summed E-state index contributed by atoms with van der Waals surface area (Å²) in [6, 6.07) is 5.93. The van der Waals surface area contributed by atoms with Crippen molar-refractivity contribution >= 4 is 29.5 Å². The fourth-order valence-corrected chi connectivity index (χ4v) is 4.65. The summed E-state index contributed by atoms with van der Waals surface area (Å²) in [5.41, 5.74) is 3.03. The maximum absolute atomic E-state index is 6.72. The van der Waals surface area contributed by atoms with Crippen molar-refractivity contribution in [1.82, 2.24) is 0 Å². The first-order chi connectivity index (χ1) is 13.0. The van der Waals surface area contributed by atoms with E-state index in [0.29, 0.717) is 11.1 Å². The molecule has 2 atom stereocenters. The second-order valence-electron chi connectivity index (χ2n) is 8.94. The molecular formula is C28H30. The molecule has 2 aromatic rings. The highest BCUT2D eigenvalue weighted by molar-refractivity contribution is 5.93. The van der Waals surface area contributed by atoms with E-state index in [1.165, 1.54) is 0 Å². The molecular weight excluding hydrogens is 336 g/mol. The van der Waals surface area contributed by atoms with Crippen LogP contribution in [0.25, 0.3) is 29.5 Å². The largest absolute Gasteiger partial charge is 0.0798 e. The summed E-state index contributed by atoms with van der Waals surface area (Å²) in [7, 11) is 0. The van der Waals surface area contributed by atoms with Crippen LogP contribution in [0.2, 0.25) is 0 Å². The van der Waals surface area contributed by atoms with E-state index in [9.17, 15) is 0 Å². The third-order valence-electron chi connectivity index (χ3n) is 6.00. The molecule has 0 bridgehead atoms. The molecule has 28 heavy (non-hydrogen) atoms. The standard InChI is InChI=1S/C28H30/c1-18(2)17-27(7,8)15-16-28(9)14-13-20(4)25-22(6)24-19(3)11-10-12-23(24)21(5)26(25)28/h5-6,10-13,18H,1,3-4,7-9,14-17H2,2H3. The van der Waals surface area contributed by atoms with Crippen molar-refractivity contribution in [3.8, 4) is 0 Å². The molecule has 2 aromatic carbocycles. The van der Waals surface area contributed by atoms with Gasteiger partial charge in [0.1, 0.15) is 0 Å². The average Bonchev–Trinajstić information content (AvgIpc) is 2.59. The van der Waals surface area contributed by atoms with Gasteiger partial charge in [0.15, 0.2) is 0 Å². The first-order valence-electron chi connectivity index (χ1n) is 9.84. The Morgan fingerprint density at radius 2 is 1.86 bits per heavy atom. The Hall–Kier alpha value is -1.82. The van der Waals surface area contributed by atoms with E-state index >= 15 is 0 Å². The Morgan fingerprint density at radius 3 is 2.50 bits per heavy atom. The molecule has 2 unspecified atom stereocenters. The van der Waals surface area contributed by atoms with Crippen LogP contribution in [-0.2, 0) is 5.41 Å². The number of hydrogen-bond acceptors (Lipinski definition) is 0. The van der Waals surface area contributed by atoms with E-state index in [0.717, 1.165) is 63.9 Å². The maximum Gasteiger partial charge on any atom is 0.0000599 e. The average molecular weight is 367 g/mol. The van der Waals surface area contributed by atoms with Crippen LogP contribution in [0.3, 0.4) is 0 Å². The summed E-state index contributed by atoms with van der Waals surface area (Å²) in [6.07, 6.45) is 5.42. The smallest absolute Gasteiger partial charge is 0.0000599 e. The highest BCUT2D eigenvalue weighted by atomic mass is 14.4. The van der Waals surface area contributed by atoms with Crippen LogP contribution in [0.15, 0.2) is 24.3 Å². The molecule has 1 aliphatic carbocycles. The van der Waals surface area contributed by atoms with Crippen LogP contribution in [0.1, 0.15) is 49.3 Å². The van der Waals surface area contributed by atoms with Gasteiger partial charge in [-0.05, 0) is 115 Å². The summed E-state index contributed by atoms with van der Waals surface area (Å²) in [5, 5.41) is 3.28. The van der Waals surface area contributed by atoms with E-state index in [1.807, 2.05) is 18.2 Å². The van der Waals surface area contributed by atoms with Crippen LogP contribution < -0.4 is 10.4 Å². The minimum atomic E-state index is -0.384. The molecule has 0 nitrogen and oxygen atoms in total. The molecule has 0 fully saturated rings. The molecule has 0 saturated carbocycles. The second-order valence-corrected chi connectivity index (χ2v) is 8.94. The first-order valence-corrected chi connectivity index (χ1v) is 9.84. The van der Waals surface area contributed by atoms with Gasteiger partial charge in [0.25, 0.3) is 0 Å². The Morgan fingerprint density at radius 1 is 1.18 bits per heavy atom. The molecule has 1 aliphatic rings. The van der Waals surface area contributed by atoms with E-state index in [4.69, 9.17) is 13.2 Å². The third-order valence-corrected chi connectivity index (χ3v) is 6.00. The van der Waals surface area contributed by atoms with Crippen LogP contribution >= 0.6 is 0 Å². The van der Waals surface area contributed by atoms with Gasteiger partial charge in [-0.25, -0.2) is 0 Å². The zero-order valence-corrected chi connectivity index (χ0v) is 17.1. The van der Waals surface area contributed by atoms with Crippen molar-refractivity contribution in [2.24, 2.45) is 11.3 Å². The zero-order chi connectivity index (χ0) is 20.9. The van der Waals surface area contributed by atoms with Crippen LogP contribution in [0.4, 0.5) is 0 Å². The zero-order valence-electron chi connectivity index (χ0n) is 17.1. The fraction of sp³-hybridized carbons (Fsp3) is 0.286. The van der Waals surface area contributed by atoms with Gasteiger partial charge in [-0.1, -0.05) is 51.3 Å². The van der Waals surface area contributed by atoms with E-state index in [1.54, 1.807) is 0 Å². The first kappa shape index (κ1) is 20.9. The molecule has 0 saturated heterocycles. The van der Waals surface area contributed by atoms with Crippen LogP contribution in [-0.4, -0.2) is 0 Å². The SMILES string of the molecule is [CH]=c1c2c(c(=[CH])c3c([CH2])cccc13)C([CH2])=CCC2([CH2])CCC([CH2])([CH2])CC([CH2])C. The molecule has 3 rings (SSSR count). The lowest BCUT2D eigenvalue weighted by Gasteiger charge is -2.39. The Balaban J connectivity index is 2.17. The van der Waals surface area contributed by atoms with Crippen LogP contribution in [0, 0.1) is 52.9 Å². The summed E-state index contributed by atoms with van der Waals surface area (Å²) < 4.78 is 0. The van der Waals surface area contributed by atoms with Crippen molar-refractivity contribution in [3.05, 3.63) is 92.9 Å². The van der Waals surface area contributed by atoms with Gasteiger partial charge in [-0.15, -0.1) is 0 Å². The lowest BCUT2D eigenvalue weighted by Crippen LogP contribution is -2.37. The van der Waals surface area contributed by atoms with Gasteiger partial charge in [0, 0.05) is 5.41 Å². The molecule has 0 heterocycles. The molecule has 0 spiro atoms. The quantitative estimate of drug-likeness (QED) is 0.647. The molecule has 0 aliphatic heterocycles. The van der Waals surface area contributed by atoms with Gasteiger partial charge in [-0.3, -0.25) is 0 Å². The lowest BCUT2D eigenvalue weighted by molar-refractivity contribution is 0.314. The number of fused-ring (bicyclic) bond motifs is 2. The monoisotopic (exact) mass is 366 g/mol. The molecule has 0 aromatic heterocycles. The van der Waals surface area contributed by atoms with E-state index in [-0.39, 0.29) is 10.8 Å². The molecule has 0 amide bonds. The summed E-state index contributed by atoms with van der Waals surface area (Å²) in [4.78, 5) is 0. The minimum absolute atomic E-state index is 0.294. The van der Waals surface area contributed by atoms with Crippen LogP contribution in [0.5, 0.6) is 0 Å². The van der Waals surface area contributed by atoms with Crippen molar-refractivity contribution in [2.75, 3.05) is 0 Å². The number of allylic oxidation sites excluding steroid dienone is 2. The predicted octanol–water partition coefficient (Wildman–Crippen LogP) is 5.58. The highest BCUT2D eigenvalue weighted by Gasteiger charge is 2.35. The minimum Gasteiger partial charge on any atom is -0.0798 e. The summed E-state index contributed by atoms with van der Waals surface area (Å²) >= 11 is 0. The molecule has 142 valence electrons.